The first-order valence-corrected chi connectivity index (χ1v) is 6.03. The van der Waals surface area contributed by atoms with E-state index in [0.717, 1.165) is 0 Å². The molecule has 0 aromatic heterocycles. The van der Waals surface area contributed by atoms with Gasteiger partial charge in [-0.2, -0.15) is 0 Å². The molecule has 0 amide bonds. The van der Waals surface area contributed by atoms with Crippen LogP contribution in [0.15, 0.2) is 0 Å². The molecule has 0 radical (unpaired) electrons. The third-order valence-corrected chi connectivity index (χ3v) is 3.03. The van der Waals surface area contributed by atoms with Crippen LogP contribution in [0.1, 0.15) is 0 Å². The Hall–Kier alpha value is -0.592. The molecule has 0 aromatic carbocycles. The molecular weight excluding hydrogens is 315 g/mol. The first-order valence-electron chi connectivity index (χ1n) is 1.38. The molecule has 0 saturated carbocycles. The van der Waals surface area contributed by atoms with Crippen LogP contribution in [0.3, 0.4) is 0 Å². The van der Waals surface area contributed by atoms with Gasteiger partial charge in [0.2, 0.25) is 0 Å². The molecule has 0 fully saturated rings. The summed E-state index contributed by atoms with van der Waals surface area (Å²) < 4.78 is 6.72. The van der Waals surface area contributed by atoms with E-state index >= 15 is 0 Å². The molecule has 0 rings (SSSR count). The van der Waals surface area contributed by atoms with E-state index in [2.05, 4.69) is 8.58 Å². The monoisotopic (exact) mass is 319 g/mol. The van der Waals surface area contributed by atoms with Gasteiger partial charge in [0.1, 0.15) is 0 Å². The Balaban J connectivity index is 4.38. The molecule has 4 N–H and O–H groups in total. The first-order chi connectivity index (χ1) is 3.89. The summed E-state index contributed by atoms with van der Waals surface area (Å²) in [6, 6.07) is 0. The molecule has 0 atom stereocenters. The Morgan fingerprint density at radius 1 is 1.11 bits per heavy atom. The number of hydrogen-bond acceptors (Lipinski definition) is 6. The zero-order chi connectivity index (χ0) is 7.65. The van der Waals surface area contributed by atoms with E-state index in [4.69, 9.17) is 0 Å². The van der Waals surface area contributed by atoms with Crippen molar-refractivity contribution in [1.82, 2.24) is 0 Å². The van der Waals surface area contributed by atoms with Crippen molar-refractivity contribution in [1.29, 1.82) is 0 Å². The fourth-order valence-electron chi connectivity index (χ4n) is 0.0422. The molecular formula is H4N4O4Pt+2. The summed E-state index contributed by atoms with van der Waals surface area (Å²) in [7, 11) is 0. The number of nitrogens with zero attached hydrogens (tertiary/aromatic N) is 2. The van der Waals surface area contributed by atoms with Gasteiger partial charge in [-0.25, -0.2) is 0 Å². The second-order valence-electron chi connectivity index (χ2n) is 0.875. The Bertz CT molecular complexity index is 135. The maximum atomic E-state index is 9.66. The van der Waals surface area contributed by atoms with Crippen LogP contribution < -0.4 is 8.58 Å². The summed E-state index contributed by atoms with van der Waals surface area (Å²) in [4.78, 5) is 19.3. The van der Waals surface area contributed by atoms with Crippen LogP contribution in [-0.2, 0) is 17.1 Å². The number of hydrogen-bond donors (Lipinski definition) is 2. The van der Waals surface area contributed by atoms with Crippen molar-refractivity contribution in [2.75, 3.05) is 0 Å². The third-order valence-electron chi connectivity index (χ3n) is 0.370. The molecule has 0 aromatic rings. The van der Waals surface area contributed by atoms with E-state index in [1.54, 1.807) is 0 Å². The molecule has 9 heteroatoms. The van der Waals surface area contributed by atoms with E-state index in [9.17, 15) is 20.2 Å². The molecule has 0 bridgehead atoms. The molecule has 0 heterocycles. The van der Waals surface area contributed by atoms with Gasteiger partial charge in [-0.3, -0.25) is 0 Å². The standard InChI is InChI=1S/2NO2.2H2N.Pt/c2*2-1-3;;;/h;;2*1H2;/q;;2*-1;+4. The molecule has 0 aliphatic heterocycles. The van der Waals surface area contributed by atoms with Crippen LogP contribution in [0, 0.1) is 20.2 Å². The van der Waals surface area contributed by atoms with Gasteiger partial charge in [-0.15, -0.1) is 0 Å². The van der Waals surface area contributed by atoms with Gasteiger partial charge in [-0.05, 0) is 0 Å². The zero-order valence-electron chi connectivity index (χ0n) is 4.00. The summed E-state index contributed by atoms with van der Waals surface area (Å²) >= 11 is -4.82. The van der Waals surface area contributed by atoms with Crippen molar-refractivity contribution >= 4 is 0 Å². The van der Waals surface area contributed by atoms with Gasteiger partial charge < -0.3 is 0 Å². The topological polar surface area (TPSA) is 138 Å². The fourth-order valence-corrected chi connectivity index (χ4v) is 0.345. The minimum absolute atomic E-state index is 1.20. The van der Waals surface area contributed by atoms with Crippen molar-refractivity contribution < 1.29 is 24.0 Å². The van der Waals surface area contributed by atoms with Gasteiger partial charge in [0, 0.05) is 0 Å². The molecule has 0 unspecified atom stereocenters. The summed E-state index contributed by atoms with van der Waals surface area (Å²) in [5.41, 5.74) is 0. The molecule has 0 aliphatic rings. The second kappa shape index (κ2) is 2.34. The number of nitrogens with two attached hydrogens (primary N) is 2. The average Bonchev–Trinajstić information content (AvgIpc) is 1.65. The predicted molar refractivity (Wildman–Crippen MR) is 22.4 cm³/mol. The van der Waals surface area contributed by atoms with E-state index in [-0.39, 0.29) is 0 Å². The first kappa shape index (κ1) is 8.41. The van der Waals surface area contributed by atoms with Crippen LogP contribution >= 0.6 is 0 Å². The predicted octanol–water partition coefficient (Wildman–Crippen LogP) is -1.73. The number of nitro groups is 2. The molecule has 0 saturated heterocycles. The van der Waals surface area contributed by atoms with Crippen LogP contribution in [-0.4, -0.2) is 6.96 Å². The summed E-state index contributed by atoms with van der Waals surface area (Å²) in [6.45, 7) is 0. The molecule has 0 spiro atoms. The Morgan fingerprint density at radius 3 is 1.33 bits per heavy atom. The normalized spacial score (nSPS) is 12.7. The molecule has 9 heavy (non-hydrogen) atoms. The Morgan fingerprint density at radius 2 is 1.33 bits per heavy atom. The van der Waals surface area contributed by atoms with Gasteiger partial charge >= 0.3 is 52.8 Å². The zero-order valence-corrected chi connectivity index (χ0v) is 6.27. The van der Waals surface area contributed by atoms with E-state index < -0.39 is 24.0 Å². The number of rotatable bonds is 2. The van der Waals surface area contributed by atoms with E-state index in [1.165, 1.54) is 0 Å². The van der Waals surface area contributed by atoms with Gasteiger partial charge in [-0.1, -0.05) is 0 Å². The minimum atomic E-state index is -4.82. The maximum absolute atomic E-state index is 9.66. The Kier molecular flexibility index (Phi) is 2.18. The van der Waals surface area contributed by atoms with Crippen molar-refractivity contribution in [3.8, 4) is 0 Å². The molecule has 0 aliphatic carbocycles. The fraction of sp³-hybridized carbons (Fsp3) is 0. The summed E-state index contributed by atoms with van der Waals surface area (Å²) in [5, 5.41) is 19.3. The average molecular weight is 319 g/mol. The SMILES string of the molecule is [NH2][Pt+2]([NH2])([N+](=O)[O-])[N+](=O)[O-]. The van der Waals surface area contributed by atoms with Gasteiger partial charge in [0.05, 0.1) is 0 Å². The van der Waals surface area contributed by atoms with Crippen molar-refractivity contribution in [2.45, 2.75) is 0 Å². The third kappa shape index (κ3) is 1.66. The van der Waals surface area contributed by atoms with Crippen molar-refractivity contribution in [2.24, 2.45) is 8.58 Å². The van der Waals surface area contributed by atoms with Crippen molar-refractivity contribution in [3.05, 3.63) is 20.2 Å². The van der Waals surface area contributed by atoms with Gasteiger partial charge in [0.25, 0.3) is 0 Å². The Labute approximate surface area is 53.5 Å². The summed E-state index contributed by atoms with van der Waals surface area (Å²) in [6.07, 6.45) is 0. The van der Waals surface area contributed by atoms with Gasteiger partial charge in [0.15, 0.2) is 0 Å². The van der Waals surface area contributed by atoms with Crippen molar-refractivity contribution in [3.63, 3.8) is 0 Å². The molecule has 56 valence electrons. The van der Waals surface area contributed by atoms with Crippen LogP contribution in [0.4, 0.5) is 0 Å². The van der Waals surface area contributed by atoms with Crippen LogP contribution in [0.5, 0.6) is 0 Å². The summed E-state index contributed by atoms with van der Waals surface area (Å²) in [5.74, 6) is 0. The molecule has 8 nitrogen and oxygen atoms in total. The van der Waals surface area contributed by atoms with Crippen LogP contribution in [0.25, 0.3) is 0 Å². The second-order valence-corrected chi connectivity index (χ2v) is 6.09. The van der Waals surface area contributed by atoms with Crippen LogP contribution in [0.2, 0.25) is 0 Å². The van der Waals surface area contributed by atoms with E-state index in [0.29, 0.717) is 0 Å². The van der Waals surface area contributed by atoms with E-state index in [1.807, 2.05) is 0 Å². The quantitative estimate of drug-likeness (QED) is 0.458.